The van der Waals surface area contributed by atoms with Crippen LogP contribution in [0.3, 0.4) is 0 Å². The first-order chi connectivity index (χ1) is 13.7. The number of rotatable bonds is 6. The minimum atomic E-state index is -0.968. The van der Waals surface area contributed by atoms with E-state index < -0.39 is 6.10 Å². The molecule has 0 radical (unpaired) electrons. The lowest BCUT2D eigenvalue weighted by atomic mass is 10.0. The molecule has 0 aromatic heterocycles. The molecule has 0 amide bonds. The van der Waals surface area contributed by atoms with Crippen LogP contribution in [0.5, 0.6) is 0 Å². The molecule has 3 rings (SSSR count). The molecular formula is C23H20Br2FNO2. The first-order valence-corrected chi connectivity index (χ1v) is 10.8. The van der Waals surface area contributed by atoms with Crippen LogP contribution >= 0.6 is 31.9 Å². The van der Waals surface area contributed by atoms with Crippen LogP contribution in [-0.2, 0) is 16.0 Å². The fourth-order valence-corrected chi connectivity index (χ4v) is 4.21. The van der Waals surface area contributed by atoms with E-state index in [0.717, 1.165) is 14.5 Å². The van der Waals surface area contributed by atoms with Crippen LogP contribution in [0.4, 0.5) is 4.39 Å². The minimum Gasteiger partial charge on any atom is -0.442 e. The number of nitriles is 1. The van der Waals surface area contributed by atoms with Gasteiger partial charge in [-0.15, -0.1) is 0 Å². The zero-order valence-corrected chi connectivity index (χ0v) is 19.2. The van der Waals surface area contributed by atoms with Gasteiger partial charge in [-0.2, -0.15) is 5.26 Å². The number of halogens is 3. The SMILES string of the molecule is CC1(C)C(C=C(Br)Br)C1C(=O)OC(C#N)c1cccc(Cc2ccc(F)cc2)c1. The third-order valence-corrected chi connectivity index (χ3v) is 5.93. The lowest BCUT2D eigenvalue weighted by molar-refractivity contribution is -0.149. The number of ether oxygens (including phenoxy) is 1. The first kappa shape index (κ1) is 21.7. The summed E-state index contributed by atoms with van der Waals surface area (Å²) < 4.78 is 19.5. The van der Waals surface area contributed by atoms with E-state index in [1.54, 1.807) is 18.2 Å². The van der Waals surface area contributed by atoms with Crippen LogP contribution in [-0.4, -0.2) is 5.97 Å². The average Bonchev–Trinajstić information content (AvgIpc) is 3.21. The van der Waals surface area contributed by atoms with Crippen molar-refractivity contribution in [1.82, 2.24) is 0 Å². The number of allylic oxidation sites excluding steroid dienone is 1. The van der Waals surface area contributed by atoms with Gasteiger partial charge in [-0.25, -0.2) is 4.39 Å². The molecule has 0 saturated heterocycles. The summed E-state index contributed by atoms with van der Waals surface area (Å²) in [6, 6.07) is 15.8. The Morgan fingerprint density at radius 1 is 1.24 bits per heavy atom. The van der Waals surface area contributed by atoms with Crippen LogP contribution in [0.25, 0.3) is 0 Å². The topological polar surface area (TPSA) is 50.1 Å². The number of carbonyl (C=O) groups is 1. The Balaban J connectivity index is 1.72. The van der Waals surface area contributed by atoms with Gasteiger partial charge in [-0.05, 0) is 72.9 Å². The van der Waals surface area contributed by atoms with Gasteiger partial charge in [0.2, 0.25) is 6.10 Å². The monoisotopic (exact) mass is 519 g/mol. The van der Waals surface area contributed by atoms with Crippen LogP contribution in [0.2, 0.25) is 0 Å². The van der Waals surface area contributed by atoms with Gasteiger partial charge in [-0.3, -0.25) is 4.79 Å². The molecule has 1 aliphatic rings. The number of esters is 1. The molecule has 3 unspecified atom stereocenters. The smallest absolute Gasteiger partial charge is 0.311 e. The summed E-state index contributed by atoms with van der Waals surface area (Å²) in [4.78, 5) is 12.7. The molecule has 150 valence electrons. The second-order valence-electron chi connectivity index (χ2n) is 7.78. The van der Waals surface area contributed by atoms with Crippen molar-refractivity contribution >= 4 is 37.8 Å². The summed E-state index contributed by atoms with van der Waals surface area (Å²) >= 11 is 6.67. The maximum Gasteiger partial charge on any atom is 0.311 e. The summed E-state index contributed by atoms with van der Waals surface area (Å²) in [5, 5.41) is 9.59. The zero-order valence-electron chi connectivity index (χ0n) is 16.0. The van der Waals surface area contributed by atoms with E-state index in [2.05, 4.69) is 37.9 Å². The Kier molecular flexibility index (Phi) is 6.60. The van der Waals surface area contributed by atoms with Crippen LogP contribution in [0, 0.1) is 34.4 Å². The molecule has 0 N–H and O–H groups in total. The molecule has 29 heavy (non-hydrogen) atoms. The maximum atomic E-state index is 13.1. The Hall–Kier alpha value is -1.97. The molecule has 3 nitrogen and oxygen atoms in total. The van der Waals surface area contributed by atoms with Crippen molar-refractivity contribution in [1.29, 1.82) is 5.26 Å². The number of nitrogens with zero attached hydrogens (tertiary/aromatic N) is 1. The molecule has 2 aromatic carbocycles. The molecule has 3 atom stereocenters. The van der Waals surface area contributed by atoms with Crippen LogP contribution in [0.1, 0.15) is 36.6 Å². The van der Waals surface area contributed by atoms with E-state index >= 15 is 0 Å². The van der Waals surface area contributed by atoms with Gasteiger partial charge >= 0.3 is 5.97 Å². The minimum absolute atomic E-state index is 0.0490. The van der Waals surface area contributed by atoms with Gasteiger partial charge in [0.15, 0.2) is 0 Å². The van der Waals surface area contributed by atoms with Crippen LogP contribution < -0.4 is 0 Å². The quantitative estimate of drug-likeness (QED) is 0.412. The van der Waals surface area contributed by atoms with Crippen molar-refractivity contribution in [3.05, 3.63) is 80.5 Å². The second-order valence-corrected chi connectivity index (χ2v) is 10.5. The third-order valence-electron chi connectivity index (χ3n) is 5.40. The highest BCUT2D eigenvalue weighted by atomic mass is 79.9. The lowest BCUT2D eigenvalue weighted by Gasteiger charge is -2.13. The largest absolute Gasteiger partial charge is 0.442 e. The van der Waals surface area contributed by atoms with Crippen molar-refractivity contribution in [2.24, 2.45) is 17.3 Å². The van der Waals surface area contributed by atoms with Crippen LogP contribution in [0.15, 0.2) is 58.0 Å². The number of carbonyl (C=O) groups excluding carboxylic acids is 1. The fraction of sp³-hybridized carbons (Fsp3) is 0.304. The number of hydrogen-bond acceptors (Lipinski definition) is 3. The van der Waals surface area contributed by atoms with Crippen molar-refractivity contribution in [2.45, 2.75) is 26.4 Å². The van der Waals surface area contributed by atoms with E-state index in [4.69, 9.17) is 4.74 Å². The predicted molar refractivity (Wildman–Crippen MR) is 117 cm³/mol. The lowest BCUT2D eigenvalue weighted by Crippen LogP contribution is -2.14. The van der Waals surface area contributed by atoms with Crippen molar-refractivity contribution in [3.8, 4) is 6.07 Å². The molecule has 0 spiro atoms. The highest BCUT2D eigenvalue weighted by Gasteiger charge is 2.61. The molecular weight excluding hydrogens is 501 g/mol. The molecule has 2 aromatic rings. The number of hydrogen-bond donors (Lipinski definition) is 0. The standard InChI is InChI=1S/C23H20Br2FNO2/c1-23(2)18(12-20(24)25)21(23)22(28)29-19(13-27)16-5-3-4-15(11-16)10-14-6-8-17(26)9-7-14/h3-9,11-12,18-19,21H,10H2,1-2H3. The summed E-state index contributed by atoms with van der Waals surface area (Å²) in [6.45, 7) is 4.02. The van der Waals surface area contributed by atoms with Crippen molar-refractivity contribution in [3.63, 3.8) is 0 Å². The zero-order chi connectivity index (χ0) is 21.2. The Morgan fingerprint density at radius 3 is 2.55 bits per heavy atom. The highest BCUT2D eigenvalue weighted by Crippen LogP contribution is 2.60. The Morgan fingerprint density at radius 2 is 1.93 bits per heavy atom. The molecule has 0 heterocycles. The van der Waals surface area contributed by atoms with E-state index in [0.29, 0.717) is 12.0 Å². The summed E-state index contributed by atoms with van der Waals surface area (Å²) in [5.74, 6) is -0.881. The summed E-state index contributed by atoms with van der Waals surface area (Å²) in [6.07, 6.45) is 1.57. The fourth-order valence-electron chi connectivity index (χ4n) is 3.64. The summed E-state index contributed by atoms with van der Waals surface area (Å²) in [7, 11) is 0. The van der Waals surface area contributed by atoms with E-state index in [1.807, 2.05) is 38.1 Å². The molecule has 1 fully saturated rings. The number of benzene rings is 2. The first-order valence-electron chi connectivity index (χ1n) is 9.18. The van der Waals surface area contributed by atoms with Gasteiger partial charge in [-0.1, -0.05) is 56.3 Å². The third kappa shape index (κ3) is 5.15. The Labute approximate surface area is 186 Å². The molecule has 6 heteroatoms. The van der Waals surface area contributed by atoms with Gasteiger partial charge < -0.3 is 4.74 Å². The maximum absolute atomic E-state index is 13.1. The molecule has 0 aliphatic heterocycles. The Bertz CT molecular complexity index is 975. The molecule has 1 saturated carbocycles. The van der Waals surface area contributed by atoms with E-state index in [9.17, 15) is 14.4 Å². The van der Waals surface area contributed by atoms with E-state index in [-0.39, 0.29) is 29.0 Å². The van der Waals surface area contributed by atoms with Gasteiger partial charge in [0.25, 0.3) is 0 Å². The summed E-state index contributed by atoms with van der Waals surface area (Å²) in [5.41, 5.74) is 2.34. The molecule has 0 bridgehead atoms. The van der Waals surface area contributed by atoms with Gasteiger partial charge in [0.1, 0.15) is 11.9 Å². The second kappa shape index (κ2) is 8.81. The average molecular weight is 521 g/mol. The predicted octanol–water partition coefficient (Wildman–Crippen LogP) is 6.43. The normalized spacial score (nSPS) is 20.3. The van der Waals surface area contributed by atoms with Gasteiger partial charge in [0, 0.05) is 5.56 Å². The van der Waals surface area contributed by atoms with Crippen molar-refractivity contribution in [2.75, 3.05) is 0 Å². The molecule has 1 aliphatic carbocycles. The van der Waals surface area contributed by atoms with Crippen molar-refractivity contribution < 1.29 is 13.9 Å². The highest BCUT2D eigenvalue weighted by molar-refractivity contribution is 9.28. The van der Waals surface area contributed by atoms with Gasteiger partial charge in [0.05, 0.1) is 9.31 Å². The van der Waals surface area contributed by atoms with E-state index in [1.165, 1.54) is 12.1 Å².